The van der Waals surface area contributed by atoms with Crippen LogP contribution in [0.5, 0.6) is 0 Å². The zero-order chi connectivity index (χ0) is 18.5. The Balaban J connectivity index is 0.00000261. The van der Waals surface area contributed by atoms with Gasteiger partial charge in [-0.1, -0.05) is 0 Å². The number of piperidine rings is 2. The number of rotatable bonds is 4. The van der Waals surface area contributed by atoms with Crippen LogP contribution in [-0.4, -0.2) is 61.4 Å². The van der Waals surface area contributed by atoms with Crippen molar-refractivity contribution in [1.82, 2.24) is 15.1 Å². The summed E-state index contributed by atoms with van der Waals surface area (Å²) in [4.78, 5) is 29.4. The molecule has 5 nitrogen and oxygen atoms in total. The first-order chi connectivity index (χ1) is 12.6. The summed E-state index contributed by atoms with van der Waals surface area (Å²) in [7, 11) is 1.95. The van der Waals surface area contributed by atoms with Crippen molar-refractivity contribution in [3.63, 3.8) is 0 Å². The lowest BCUT2D eigenvalue weighted by molar-refractivity contribution is -0.138. The van der Waals surface area contributed by atoms with Gasteiger partial charge in [0.15, 0.2) is 0 Å². The zero-order valence-corrected chi connectivity index (χ0v) is 16.6. The fourth-order valence-corrected chi connectivity index (χ4v) is 4.12. The van der Waals surface area contributed by atoms with E-state index in [2.05, 4.69) is 5.32 Å². The van der Waals surface area contributed by atoms with Crippen LogP contribution < -0.4 is 5.32 Å². The number of hydrogen-bond acceptors (Lipinski definition) is 3. The van der Waals surface area contributed by atoms with Crippen molar-refractivity contribution in [3.05, 3.63) is 35.6 Å². The number of carbonyl (C=O) groups excluding carboxylic acids is 2. The topological polar surface area (TPSA) is 52.7 Å². The van der Waals surface area contributed by atoms with Gasteiger partial charge in [-0.3, -0.25) is 9.59 Å². The molecule has 27 heavy (non-hydrogen) atoms. The maximum Gasteiger partial charge on any atom is 0.253 e. The molecule has 0 radical (unpaired) electrons. The Morgan fingerprint density at radius 1 is 1.07 bits per heavy atom. The monoisotopic (exact) mass is 397 g/mol. The summed E-state index contributed by atoms with van der Waals surface area (Å²) in [6, 6.07) is 5.62. The van der Waals surface area contributed by atoms with Crippen molar-refractivity contribution in [2.45, 2.75) is 25.7 Å². The molecular formula is C20H29ClFN3O2. The molecule has 3 rings (SSSR count). The van der Waals surface area contributed by atoms with Gasteiger partial charge in [0.05, 0.1) is 5.92 Å². The van der Waals surface area contributed by atoms with Gasteiger partial charge in [-0.25, -0.2) is 4.39 Å². The highest BCUT2D eigenvalue weighted by Gasteiger charge is 2.33. The predicted molar refractivity (Wildman–Crippen MR) is 106 cm³/mol. The van der Waals surface area contributed by atoms with Gasteiger partial charge in [0.1, 0.15) is 5.82 Å². The van der Waals surface area contributed by atoms with Crippen molar-refractivity contribution in [2.24, 2.45) is 11.8 Å². The van der Waals surface area contributed by atoms with Crippen molar-refractivity contribution in [1.29, 1.82) is 0 Å². The molecule has 2 amide bonds. The van der Waals surface area contributed by atoms with Crippen LogP contribution in [0, 0.1) is 17.7 Å². The fraction of sp³-hybridized carbons (Fsp3) is 0.600. The summed E-state index contributed by atoms with van der Waals surface area (Å²) in [6.45, 7) is 3.68. The number of nitrogens with one attached hydrogen (secondary N) is 1. The summed E-state index contributed by atoms with van der Waals surface area (Å²) >= 11 is 0. The third-order valence-corrected chi connectivity index (χ3v) is 5.47. The standard InChI is InChI=1S/C20H28FN3O2.ClH/c1-22-12-15-4-2-10-23(13-15)20(26)17-5-3-11-24(14-17)19(25)16-6-8-18(21)9-7-16;/h6-9,15,17,22H,2-5,10-14H2,1H3;1H. The highest BCUT2D eigenvalue weighted by molar-refractivity contribution is 5.94. The lowest BCUT2D eigenvalue weighted by Crippen LogP contribution is -2.50. The Morgan fingerprint density at radius 3 is 2.44 bits per heavy atom. The summed E-state index contributed by atoms with van der Waals surface area (Å²) < 4.78 is 13.1. The number of likely N-dealkylation sites (tertiary alicyclic amines) is 2. The molecular weight excluding hydrogens is 369 g/mol. The largest absolute Gasteiger partial charge is 0.342 e. The minimum atomic E-state index is -0.352. The van der Waals surface area contributed by atoms with Crippen LogP contribution in [-0.2, 0) is 4.79 Å². The highest BCUT2D eigenvalue weighted by atomic mass is 35.5. The van der Waals surface area contributed by atoms with E-state index in [4.69, 9.17) is 0 Å². The second-order valence-corrected chi connectivity index (χ2v) is 7.45. The first kappa shape index (κ1) is 21.6. The lowest BCUT2D eigenvalue weighted by Gasteiger charge is -2.38. The van der Waals surface area contributed by atoms with E-state index < -0.39 is 0 Å². The van der Waals surface area contributed by atoms with Crippen molar-refractivity contribution < 1.29 is 14.0 Å². The van der Waals surface area contributed by atoms with Gasteiger partial charge in [0.2, 0.25) is 5.91 Å². The van der Waals surface area contributed by atoms with Crippen LogP contribution in [0.1, 0.15) is 36.0 Å². The molecule has 0 saturated carbocycles. The van der Waals surface area contributed by atoms with E-state index in [1.54, 1.807) is 4.90 Å². The van der Waals surface area contributed by atoms with E-state index in [0.29, 0.717) is 24.6 Å². The van der Waals surface area contributed by atoms with E-state index in [-0.39, 0.29) is 36.0 Å². The first-order valence-electron chi connectivity index (χ1n) is 9.56. The molecule has 1 N–H and O–H groups in total. The minimum absolute atomic E-state index is 0. The molecule has 2 aliphatic heterocycles. The Kier molecular flexibility index (Phi) is 8.05. The lowest BCUT2D eigenvalue weighted by atomic mass is 9.92. The van der Waals surface area contributed by atoms with Crippen molar-refractivity contribution in [3.8, 4) is 0 Å². The quantitative estimate of drug-likeness (QED) is 0.849. The molecule has 0 spiro atoms. The van der Waals surface area contributed by atoms with Crippen LogP contribution in [0.3, 0.4) is 0 Å². The van der Waals surface area contributed by atoms with Crippen LogP contribution >= 0.6 is 12.4 Å². The zero-order valence-electron chi connectivity index (χ0n) is 15.8. The van der Waals surface area contributed by atoms with Crippen molar-refractivity contribution >= 4 is 24.2 Å². The number of nitrogens with zero attached hydrogens (tertiary/aromatic N) is 2. The van der Waals surface area contributed by atoms with Gasteiger partial charge >= 0.3 is 0 Å². The smallest absolute Gasteiger partial charge is 0.253 e. The van der Waals surface area contributed by atoms with E-state index in [0.717, 1.165) is 45.3 Å². The van der Waals surface area contributed by atoms with Gasteiger partial charge in [-0.2, -0.15) is 0 Å². The maximum absolute atomic E-state index is 13.1. The number of amides is 2. The molecule has 150 valence electrons. The summed E-state index contributed by atoms with van der Waals surface area (Å²) in [5, 5.41) is 3.20. The molecule has 2 heterocycles. The summed E-state index contributed by atoms with van der Waals surface area (Å²) in [5.41, 5.74) is 0.478. The minimum Gasteiger partial charge on any atom is -0.342 e. The molecule has 2 saturated heterocycles. The number of benzene rings is 1. The Labute approximate surface area is 166 Å². The van der Waals surface area contributed by atoms with Gasteiger partial charge in [-0.05, 0) is 69.5 Å². The van der Waals surface area contributed by atoms with Gasteiger partial charge < -0.3 is 15.1 Å². The predicted octanol–water partition coefficient (Wildman–Crippen LogP) is 2.56. The average Bonchev–Trinajstić information content (AvgIpc) is 2.68. The Morgan fingerprint density at radius 2 is 1.74 bits per heavy atom. The van der Waals surface area contributed by atoms with Gasteiger partial charge in [0.25, 0.3) is 5.91 Å². The molecule has 0 aromatic heterocycles. The molecule has 1 aromatic rings. The van der Waals surface area contributed by atoms with Crippen LogP contribution in [0.4, 0.5) is 4.39 Å². The second-order valence-electron chi connectivity index (χ2n) is 7.45. The summed E-state index contributed by atoms with van der Waals surface area (Å²) in [6.07, 6.45) is 3.86. The average molecular weight is 398 g/mol. The van der Waals surface area contributed by atoms with E-state index in [1.165, 1.54) is 24.3 Å². The van der Waals surface area contributed by atoms with Crippen LogP contribution in [0.2, 0.25) is 0 Å². The highest BCUT2D eigenvalue weighted by Crippen LogP contribution is 2.24. The molecule has 7 heteroatoms. The molecule has 2 unspecified atom stereocenters. The molecule has 2 atom stereocenters. The SMILES string of the molecule is CNCC1CCCN(C(=O)C2CCCN(C(=O)c3ccc(F)cc3)C2)C1.Cl. The molecule has 2 aliphatic rings. The van der Waals surface area contributed by atoms with Crippen LogP contribution in [0.15, 0.2) is 24.3 Å². The maximum atomic E-state index is 13.1. The van der Waals surface area contributed by atoms with Gasteiger partial charge in [0, 0.05) is 31.7 Å². The molecule has 0 bridgehead atoms. The van der Waals surface area contributed by atoms with Crippen LogP contribution in [0.25, 0.3) is 0 Å². The first-order valence-corrected chi connectivity index (χ1v) is 9.56. The molecule has 0 aliphatic carbocycles. The molecule has 1 aromatic carbocycles. The van der Waals surface area contributed by atoms with E-state index >= 15 is 0 Å². The number of carbonyl (C=O) groups is 2. The normalized spacial score (nSPS) is 22.9. The third-order valence-electron chi connectivity index (χ3n) is 5.47. The fourth-order valence-electron chi connectivity index (χ4n) is 4.12. The number of hydrogen-bond donors (Lipinski definition) is 1. The second kappa shape index (κ2) is 10.0. The third kappa shape index (κ3) is 5.42. The number of halogens is 2. The van der Waals surface area contributed by atoms with E-state index in [9.17, 15) is 14.0 Å². The Bertz CT molecular complexity index is 639. The molecule has 2 fully saturated rings. The summed E-state index contributed by atoms with van der Waals surface area (Å²) in [5.74, 6) is 0.103. The Hall–Kier alpha value is -1.66. The van der Waals surface area contributed by atoms with Crippen molar-refractivity contribution in [2.75, 3.05) is 39.8 Å². The van der Waals surface area contributed by atoms with E-state index in [1.807, 2.05) is 11.9 Å². The van der Waals surface area contributed by atoms with Gasteiger partial charge in [-0.15, -0.1) is 12.4 Å².